The fourth-order valence-electron chi connectivity index (χ4n) is 4.40. The van der Waals surface area contributed by atoms with Gasteiger partial charge in [0.05, 0.1) is 19.2 Å². The molecule has 0 aromatic heterocycles. The van der Waals surface area contributed by atoms with Crippen LogP contribution in [0.4, 0.5) is 5.69 Å². The second kappa shape index (κ2) is 8.23. The van der Waals surface area contributed by atoms with E-state index >= 15 is 0 Å². The predicted octanol–water partition coefficient (Wildman–Crippen LogP) is 4.46. The number of hydrogen-bond donors (Lipinski definition) is 0. The molecule has 1 amide bonds. The molecular formula is C23H27N3O2. The standard InChI is InChI=1S/C23H27N3O2/c1-26(12-11-16-9-10-17-14-23(27)25-24-21(17)13-16)15-18-5-3-7-20-19(18)6-4-8-22(20)28-2/h4,6,8-10,13,18H,3,5,7,11-12,14-15H2,1-2H3. The number of carbonyl (C=O) groups is 1. The number of likely N-dealkylation sites (N-methyl/N-ethyl adjacent to an activating group) is 1. The Hall–Kier alpha value is -2.53. The van der Waals surface area contributed by atoms with Crippen LogP contribution < -0.4 is 4.74 Å². The Morgan fingerprint density at radius 2 is 2.11 bits per heavy atom. The zero-order chi connectivity index (χ0) is 19.5. The third-order valence-electron chi connectivity index (χ3n) is 5.88. The molecule has 1 aliphatic carbocycles. The number of rotatable bonds is 6. The molecule has 2 aromatic carbocycles. The van der Waals surface area contributed by atoms with Gasteiger partial charge in [0.1, 0.15) is 5.75 Å². The zero-order valence-corrected chi connectivity index (χ0v) is 16.6. The smallest absolute Gasteiger partial charge is 0.269 e. The Bertz CT molecular complexity index is 907. The van der Waals surface area contributed by atoms with Gasteiger partial charge in [-0.2, -0.15) is 0 Å². The van der Waals surface area contributed by atoms with Crippen LogP contribution in [-0.2, 0) is 24.1 Å². The highest BCUT2D eigenvalue weighted by atomic mass is 16.5. The molecule has 2 aromatic rings. The molecule has 1 unspecified atom stereocenters. The second-order valence-electron chi connectivity index (χ2n) is 7.86. The van der Waals surface area contributed by atoms with Crippen molar-refractivity contribution in [1.82, 2.24) is 4.90 Å². The van der Waals surface area contributed by atoms with E-state index in [1.807, 2.05) is 6.07 Å². The zero-order valence-electron chi connectivity index (χ0n) is 16.6. The molecule has 4 rings (SSSR count). The number of ether oxygens (including phenoxy) is 1. The molecule has 0 saturated heterocycles. The van der Waals surface area contributed by atoms with Crippen molar-refractivity contribution in [3.63, 3.8) is 0 Å². The van der Waals surface area contributed by atoms with Crippen molar-refractivity contribution in [3.8, 4) is 5.75 Å². The van der Waals surface area contributed by atoms with E-state index in [1.165, 1.54) is 29.5 Å². The SMILES string of the molecule is COc1cccc2c1CCCC2CN(C)CCc1ccc2c(c1)N=NC(=O)C2. The molecule has 146 valence electrons. The summed E-state index contributed by atoms with van der Waals surface area (Å²) >= 11 is 0. The van der Waals surface area contributed by atoms with Crippen molar-refractivity contribution >= 4 is 11.6 Å². The fraction of sp³-hybridized carbons (Fsp3) is 0.435. The largest absolute Gasteiger partial charge is 0.496 e. The maximum Gasteiger partial charge on any atom is 0.269 e. The molecule has 0 bridgehead atoms. The third-order valence-corrected chi connectivity index (χ3v) is 5.88. The van der Waals surface area contributed by atoms with Gasteiger partial charge in [-0.3, -0.25) is 4.79 Å². The van der Waals surface area contributed by atoms with Crippen LogP contribution in [0, 0.1) is 0 Å². The van der Waals surface area contributed by atoms with Crippen LogP contribution in [0.5, 0.6) is 5.75 Å². The molecule has 0 fully saturated rings. The monoisotopic (exact) mass is 377 g/mol. The van der Waals surface area contributed by atoms with E-state index in [1.54, 1.807) is 7.11 Å². The van der Waals surface area contributed by atoms with Gasteiger partial charge in [-0.05, 0) is 73.0 Å². The van der Waals surface area contributed by atoms with Crippen LogP contribution in [0.1, 0.15) is 41.0 Å². The minimum absolute atomic E-state index is 0.163. The molecule has 0 N–H and O–H groups in total. The van der Waals surface area contributed by atoms with Crippen molar-refractivity contribution in [1.29, 1.82) is 0 Å². The minimum Gasteiger partial charge on any atom is -0.496 e. The number of methoxy groups -OCH3 is 1. The lowest BCUT2D eigenvalue weighted by Gasteiger charge is -2.30. The summed E-state index contributed by atoms with van der Waals surface area (Å²) in [5.74, 6) is 1.43. The van der Waals surface area contributed by atoms with E-state index in [0.29, 0.717) is 12.3 Å². The number of fused-ring (bicyclic) bond motifs is 2. The molecule has 0 spiro atoms. The Morgan fingerprint density at radius 1 is 1.21 bits per heavy atom. The summed E-state index contributed by atoms with van der Waals surface area (Å²) in [5, 5.41) is 7.73. The van der Waals surface area contributed by atoms with Crippen molar-refractivity contribution in [2.24, 2.45) is 10.2 Å². The van der Waals surface area contributed by atoms with Crippen molar-refractivity contribution in [2.45, 2.75) is 38.0 Å². The lowest BCUT2D eigenvalue weighted by molar-refractivity contribution is -0.117. The van der Waals surface area contributed by atoms with E-state index in [0.717, 1.165) is 42.9 Å². The van der Waals surface area contributed by atoms with Crippen LogP contribution in [0.25, 0.3) is 0 Å². The minimum atomic E-state index is -0.163. The highest BCUT2D eigenvalue weighted by Crippen LogP contribution is 2.37. The van der Waals surface area contributed by atoms with Crippen LogP contribution in [-0.4, -0.2) is 38.1 Å². The van der Waals surface area contributed by atoms with Gasteiger partial charge in [-0.1, -0.05) is 24.3 Å². The van der Waals surface area contributed by atoms with Gasteiger partial charge < -0.3 is 9.64 Å². The summed E-state index contributed by atoms with van der Waals surface area (Å²) in [5.41, 5.74) is 5.91. The average Bonchev–Trinajstić information content (AvgIpc) is 2.72. The third kappa shape index (κ3) is 3.99. The molecular weight excluding hydrogens is 350 g/mol. The highest BCUT2D eigenvalue weighted by molar-refractivity contribution is 5.82. The summed E-state index contributed by atoms with van der Waals surface area (Å²) < 4.78 is 5.57. The fourth-order valence-corrected chi connectivity index (χ4v) is 4.40. The van der Waals surface area contributed by atoms with Gasteiger partial charge in [-0.15, -0.1) is 10.2 Å². The van der Waals surface area contributed by atoms with Gasteiger partial charge >= 0.3 is 0 Å². The van der Waals surface area contributed by atoms with Crippen molar-refractivity contribution < 1.29 is 9.53 Å². The molecule has 1 atom stereocenters. The molecule has 5 nitrogen and oxygen atoms in total. The molecule has 1 aliphatic heterocycles. The normalized spacial score (nSPS) is 18.1. The molecule has 5 heteroatoms. The number of hydrogen-bond acceptors (Lipinski definition) is 4. The molecule has 2 aliphatic rings. The Labute approximate surface area is 166 Å². The summed E-state index contributed by atoms with van der Waals surface area (Å²) in [6.07, 6.45) is 4.90. The van der Waals surface area contributed by atoms with Crippen molar-refractivity contribution in [2.75, 3.05) is 27.2 Å². The Kier molecular flexibility index (Phi) is 5.53. The molecule has 28 heavy (non-hydrogen) atoms. The molecule has 0 radical (unpaired) electrons. The maximum atomic E-state index is 11.4. The van der Waals surface area contributed by atoms with E-state index in [2.05, 4.69) is 52.5 Å². The van der Waals surface area contributed by atoms with Gasteiger partial charge in [0, 0.05) is 13.1 Å². The summed E-state index contributed by atoms with van der Waals surface area (Å²) in [6.45, 7) is 2.05. The van der Waals surface area contributed by atoms with Crippen molar-refractivity contribution in [3.05, 3.63) is 58.7 Å². The Morgan fingerprint density at radius 3 is 2.96 bits per heavy atom. The van der Waals surface area contributed by atoms with Crippen LogP contribution >= 0.6 is 0 Å². The first-order valence-electron chi connectivity index (χ1n) is 10.0. The lowest BCUT2D eigenvalue weighted by Crippen LogP contribution is -2.28. The van der Waals surface area contributed by atoms with E-state index < -0.39 is 0 Å². The summed E-state index contributed by atoms with van der Waals surface area (Å²) in [6, 6.07) is 12.7. The van der Waals surface area contributed by atoms with Gasteiger partial charge in [-0.25, -0.2) is 0 Å². The topological polar surface area (TPSA) is 54.3 Å². The van der Waals surface area contributed by atoms with Gasteiger partial charge in [0.25, 0.3) is 5.91 Å². The number of carbonyl (C=O) groups excluding carboxylic acids is 1. The first-order chi connectivity index (χ1) is 13.6. The van der Waals surface area contributed by atoms with Crippen LogP contribution in [0.3, 0.4) is 0 Å². The van der Waals surface area contributed by atoms with Gasteiger partial charge in [0.15, 0.2) is 0 Å². The van der Waals surface area contributed by atoms with E-state index in [-0.39, 0.29) is 5.91 Å². The average molecular weight is 377 g/mol. The van der Waals surface area contributed by atoms with Gasteiger partial charge in [0.2, 0.25) is 0 Å². The molecule has 1 heterocycles. The quantitative estimate of drug-likeness (QED) is 0.747. The Balaban J connectivity index is 1.38. The van der Waals surface area contributed by atoms with Crippen LogP contribution in [0.2, 0.25) is 0 Å². The lowest BCUT2D eigenvalue weighted by atomic mass is 9.82. The highest BCUT2D eigenvalue weighted by Gasteiger charge is 2.23. The van der Waals surface area contributed by atoms with E-state index in [9.17, 15) is 4.79 Å². The maximum absolute atomic E-state index is 11.4. The van der Waals surface area contributed by atoms with E-state index in [4.69, 9.17) is 4.74 Å². The number of amides is 1. The number of azo groups is 1. The number of nitrogens with zero attached hydrogens (tertiary/aromatic N) is 3. The number of benzene rings is 2. The summed E-state index contributed by atoms with van der Waals surface area (Å²) in [4.78, 5) is 13.8. The summed E-state index contributed by atoms with van der Waals surface area (Å²) in [7, 11) is 3.96. The first kappa shape index (κ1) is 18.8. The first-order valence-corrected chi connectivity index (χ1v) is 10.0. The second-order valence-corrected chi connectivity index (χ2v) is 7.86. The van der Waals surface area contributed by atoms with Crippen LogP contribution in [0.15, 0.2) is 46.6 Å². The molecule has 0 saturated carbocycles. The predicted molar refractivity (Wildman–Crippen MR) is 110 cm³/mol.